The van der Waals surface area contributed by atoms with Gasteiger partial charge in [-0.15, -0.1) is 0 Å². The van der Waals surface area contributed by atoms with Gasteiger partial charge in [-0.3, -0.25) is 0 Å². The molecule has 1 aromatic carbocycles. The van der Waals surface area contributed by atoms with Crippen molar-refractivity contribution in [3.8, 4) is 0 Å². The molecule has 17 heavy (non-hydrogen) atoms. The lowest BCUT2D eigenvalue weighted by molar-refractivity contribution is 0.268. The highest BCUT2D eigenvalue weighted by atomic mass is 19.1. The molecule has 0 amide bonds. The molecule has 0 aliphatic carbocycles. The quantitative estimate of drug-likeness (QED) is 0.706. The number of nitrogens with one attached hydrogen (secondary N) is 1. The SMILES string of the molecule is N[C@H](CO)c1ccc(N2CCNCC2)c(F)c1. The third-order valence-electron chi connectivity index (χ3n) is 3.05. The maximum absolute atomic E-state index is 13.9. The Kier molecular flexibility index (Phi) is 3.93. The van der Waals surface area contributed by atoms with Crippen LogP contribution in [0.3, 0.4) is 0 Å². The Bertz CT molecular complexity index is 380. The van der Waals surface area contributed by atoms with E-state index in [0.717, 1.165) is 26.2 Å². The van der Waals surface area contributed by atoms with Gasteiger partial charge in [-0.2, -0.15) is 0 Å². The molecule has 0 aromatic heterocycles. The number of rotatable bonds is 3. The number of anilines is 1. The van der Waals surface area contributed by atoms with Gasteiger partial charge in [0.25, 0.3) is 0 Å². The van der Waals surface area contributed by atoms with E-state index in [1.807, 2.05) is 4.90 Å². The van der Waals surface area contributed by atoms with Crippen molar-refractivity contribution in [1.29, 1.82) is 0 Å². The van der Waals surface area contributed by atoms with Crippen LogP contribution in [0.1, 0.15) is 11.6 Å². The Labute approximate surface area is 100 Å². The molecule has 1 aliphatic heterocycles. The van der Waals surface area contributed by atoms with E-state index in [0.29, 0.717) is 11.3 Å². The van der Waals surface area contributed by atoms with Crippen molar-refractivity contribution in [2.24, 2.45) is 5.73 Å². The zero-order valence-corrected chi connectivity index (χ0v) is 9.69. The summed E-state index contributed by atoms with van der Waals surface area (Å²) in [5.41, 5.74) is 6.89. The summed E-state index contributed by atoms with van der Waals surface area (Å²) in [6.07, 6.45) is 0. The number of benzene rings is 1. The lowest BCUT2D eigenvalue weighted by atomic mass is 10.1. The van der Waals surface area contributed by atoms with Crippen molar-refractivity contribution < 1.29 is 9.50 Å². The van der Waals surface area contributed by atoms with E-state index in [1.54, 1.807) is 12.1 Å². The fourth-order valence-corrected chi connectivity index (χ4v) is 2.02. The summed E-state index contributed by atoms with van der Waals surface area (Å²) < 4.78 is 13.9. The van der Waals surface area contributed by atoms with Crippen LogP contribution in [0.25, 0.3) is 0 Å². The topological polar surface area (TPSA) is 61.5 Å². The number of piperazine rings is 1. The van der Waals surface area contributed by atoms with Gasteiger partial charge in [-0.1, -0.05) is 6.07 Å². The van der Waals surface area contributed by atoms with Crippen molar-refractivity contribution in [3.63, 3.8) is 0 Å². The van der Waals surface area contributed by atoms with Gasteiger partial charge >= 0.3 is 0 Å². The number of hydrogen-bond donors (Lipinski definition) is 3. The Balaban J connectivity index is 2.18. The van der Waals surface area contributed by atoms with Crippen molar-refractivity contribution in [1.82, 2.24) is 5.32 Å². The molecule has 0 spiro atoms. The smallest absolute Gasteiger partial charge is 0.146 e. The Morgan fingerprint density at radius 1 is 1.41 bits per heavy atom. The first-order valence-corrected chi connectivity index (χ1v) is 5.84. The second kappa shape index (κ2) is 5.44. The molecule has 0 saturated carbocycles. The Morgan fingerprint density at radius 3 is 2.71 bits per heavy atom. The van der Waals surface area contributed by atoms with Gasteiger partial charge in [0, 0.05) is 26.2 Å². The van der Waals surface area contributed by atoms with E-state index in [-0.39, 0.29) is 12.4 Å². The normalized spacial score (nSPS) is 18.2. The molecule has 94 valence electrons. The van der Waals surface area contributed by atoms with E-state index in [9.17, 15) is 4.39 Å². The minimum absolute atomic E-state index is 0.174. The highest BCUT2D eigenvalue weighted by Gasteiger charge is 2.15. The van der Waals surface area contributed by atoms with Crippen LogP contribution in [-0.4, -0.2) is 37.9 Å². The molecule has 4 N–H and O–H groups in total. The lowest BCUT2D eigenvalue weighted by Crippen LogP contribution is -2.43. The molecule has 0 radical (unpaired) electrons. The van der Waals surface area contributed by atoms with E-state index >= 15 is 0 Å². The van der Waals surface area contributed by atoms with E-state index in [1.165, 1.54) is 6.07 Å². The predicted octanol–water partition coefficient (Wildman–Crippen LogP) is 0.227. The van der Waals surface area contributed by atoms with Gasteiger partial charge in [0.1, 0.15) is 5.82 Å². The first kappa shape index (κ1) is 12.3. The van der Waals surface area contributed by atoms with Crippen molar-refractivity contribution in [3.05, 3.63) is 29.6 Å². The summed E-state index contributed by atoms with van der Waals surface area (Å²) in [6, 6.07) is 4.42. The number of aliphatic hydroxyl groups is 1. The number of hydrogen-bond acceptors (Lipinski definition) is 4. The van der Waals surface area contributed by atoms with Gasteiger partial charge in [-0.05, 0) is 17.7 Å². The van der Waals surface area contributed by atoms with Crippen LogP contribution in [0.5, 0.6) is 0 Å². The molecule has 1 fully saturated rings. The van der Waals surface area contributed by atoms with Gasteiger partial charge in [0.05, 0.1) is 18.3 Å². The number of nitrogens with zero attached hydrogens (tertiary/aromatic N) is 1. The molecular weight excluding hydrogens is 221 g/mol. The van der Waals surface area contributed by atoms with Crippen molar-refractivity contribution >= 4 is 5.69 Å². The van der Waals surface area contributed by atoms with Crippen LogP contribution in [0, 0.1) is 5.82 Å². The zero-order chi connectivity index (χ0) is 12.3. The second-order valence-corrected chi connectivity index (χ2v) is 4.24. The lowest BCUT2D eigenvalue weighted by Gasteiger charge is -2.30. The van der Waals surface area contributed by atoms with Crippen LogP contribution in [0.2, 0.25) is 0 Å². The maximum Gasteiger partial charge on any atom is 0.146 e. The molecule has 5 heteroatoms. The van der Waals surface area contributed by atoms with Crippen LogP contribution in [0.15, 0.2) is 18.2 Å². The largest absolute Gasteiger partial charge is 0.394 e. The van der Waals surface area contributed by atoms with Crippen molar-refractivity contribution in [2.75, 3.05) is 37.7 Å². The third kappa shape index (κ3) is 2.74. The molecule has 0 bridgehead atoms. The molecular formula is C12H18FN3O. The van der Waals surface area contributed by atoms with Crippen LogP contribution in [0.4, 0.5) is 10.1 Å². The molecule has 4 nitrogen and oxygen atoms in total. The minimum atomic E-state index is -0.512. The average Bonchev–Trinajstić information content (AvgIpc) is 2.38. The first-order chi connectivity index (χ1) is 8.22. The number of halogens is 1. The van der Waals surface area contributed by atoms with Crippen LogP contribution >= 0.6 is 0 Å². The summed E-state index contributed by atoms with van der Waals surface area (Å²) in [4.78, 5) is 2.01. The second-order valence-electron chi connectivity index (χ2n) is 4.24. The molecule has 1 heterocycles. The zero-order valence-electron chi connectivity index (χ0n) is 9.69. The van der Waals surface area contributed by atoms with Gasteiger partial charge < -0.3 is 21.1 Å². The highest BCUT2D eigenvalue weighted by molar-refractivity contribution is 5.50. The fourth-order valence-electron chi connectivity index (χ4n) is 2.02. The maximum atomic E-state index is 13.9. The average molecular weight is 239 g/mol. The monoisotopic (exact) mass is 239 g/mol. The first-order valence-electron chi connectivity index (χ1n) is 5.84. The fraction of sp³-hybridized carbons (Fsp3) is 0.500. The summed E-state index contributed by atoms with van der Waals surface area (Å²) >= 11 is 0. The highest BCUT2D eigenvalue weighted by Crippen LogP contribution is 2.23. The standard InChI is InChI=1S/C12H18FN3O/c13-10-7-9(11(14)8-17)1-2-12(10)16-5-3-15-4-6-16/h1-2,7,11,15,17H,3-6,8,14H2/t11-/m1/s1. The molecule has 1 aliphatic rings. The summed E-state index contributed by atoms with van der Waals surface area (Å²) in [5, 5.41) is 12.2. The predicted molar refractivity (Wildman–Crippen MR) is 65.5 cm³/mol. The summed E-state index contributed by atoms with van der Waals surface area (Å²) in [7, 11) is 0. The Hall–Kier alpha value is -1.17. The van der Waals surface area contributed by atoms with Crippen molar-refractivity contribution in [2.45, 2.75) is 6.04 Å². The van der Waals surface area contributed by atoms with Gasteiger partial charge in [0.2, 0.25) is 0 Å². The molecule has 1 saturated heterocycles. The molecule has 1 atom stereocenters. The van der Waals surface area contributed by atoms with E-state index in [4.69, 9.17) is 10.8 Å². The molecule has 2 rings (SSSR count). The molecule has 0 unspecified atom stereocenters. The minimum Gasteiger partial charge on any atom is -0.394 e. The Morgan fingerprint density at radius 2 is 2.12 bits per heavy atom. The third-order valence-corrected chi connectivity index (χ3v) is 3.05. The summed E-state index contributed by atoms with van der Waals surface area (Å²) in [5.74, 6) is -0.270. The van der Waals surface area contributed by atoms with Gasteiger partial charge in [0.15, 0.2) is 0 Å². The van der Waals surface area contributed by atoms with E-state index in [2.05, 4.69) is 5.32 Å². The molecule has 1 aromatic rings. The summed E-state index contributed by atoms with van der Waals surface area (Å²) in [6.45, 7) is 3.19. The van der Waals surface area contributed by atoms with Crippen LogP contribution < -0.4 is 16.0 Å². The number of nitrogens with two attached hydrogens (primary N) is 1. The van der Waals surface area contributed by atoms with E-state index < -0.39 is 6.04 Å². The van der Waals surface area contributed by atoms with Gasteiger partial charge in [-0.25, -0.2) is 4.39 Å². The number of aliphatic hydroxyl groups excluding tert-OH is 1. The van der Waals surface area contributed by atoms with Crippen LogP contribution in [-0.2, 0) is 0 Å².